The average molecular weight is 278 g/mol. The molecule has 102 valence electrons. The minimum absolute atomic E-state index is 0.162. The third kappa shape index (κ3) is 2.13. The van der Waals surface area contributed by atoms with Crippen molar-refractivity contribution in [3.63, 3.8) is 0 Å². The third-order valence-corrected chi connectivity index (χ3v) is 2.75. The van der Waals surface area contributed by atoms with Gasteiger partial charge in [-0.15, -0.1) is 0 Å². The fourth-order valence-electron chi connectivity index (χ4n) is 1.86. The molecule has 0 aliphatic rings. The van der Waals surface area contributed by atoms with E-state index in [0.29, 0.717) is 22.8 Å². The number of imidazole rings is 1. The van der Waals surface area contributed by atoms with Crippen LogP contribution in [0, 0.1) is 17.5 Å². The van der Waals surface area contributed by atoms with Gasteiger partial charge in [0.05, 0.1) is 16.7 Å². The van der Waals surface area contributed by atoms with Gasteiger partial charge in [0.1, 0.15) is 5.82 Å². The van der Waals surface area contributed by atoms with Crippen LogP contribution in [0.3, 0.4) is 0 Å². The minimum atomic E-state index is -1.27. The molecular weight excluding hydrogens is 269 g/mol. The van der Waals surface area contributed by atoms with E-state index in [1.165, 1.54) is 0 Å². The lowest BCUT2D eigenvalue weighted by Crippen LogP contribution is -1.99. The zero-order valence-corrected chi connectivity index (χ0v) is 10.0. The highest BCUT2D eigenvalue weighted by atomic mass is 19.2. The molecule has 1 aromatic heterocycles. The summed E-state index contributed by atoms with van der Waals surface area (Å²) >= 11 is 0. The fraction of sp³-hybridized carbons (Fsp3) is 0. The molecule has 0 unspecified atom stereocenters. The first-order chi connectivity index (χ1) is 9.52. The van der Waals surface area contributed by atoms with Crippen molar-refractivity contribution in [1.29, 1.82) is 0 Å². The molecule has 3 aromatic rings. The second kappa shape index (κ2) is 4.44. The quantitative estimate of drug-likeness (QED) is 0.497. The lowest BCUT2D eigenvalue weighted by molar-refractivity contribution is 0.498. The Hall–Kier alpha value is -2.70. The summed E-state index contributed by atoms with van der Waals surface area (Å²) in [7, 11) is 0. The van der Waals surface area contributed by atoms with Gasteiger partial charge in [-0.3, -0.25) is 0 Å². The van der Waals surface area contributed by atoms with Gasteiger partial charge < -0.3 is 16.0 Å². The Labute approximate surface area is 111 Å². The molecule has 0 saturated heterocycles. The van der Waals surface area contributed by atoms with E-state index in [9.17, 15) is 13.2 Å². The number of nitrogens with two attached hydrogens (primary N) is 1. The number of nitrogen functional groups attached to an aromatic ring is 1. The average Bonchev–Trinajstić information content (AvgIpc) is 2.76. The van der Waals surface area contributed by atoms with Crippen LogP contribution in [0.5, 0.6) is 0 Å². The largest absolute Gasteiger partial charge is 0.399 e. The number of H-pyrrole nitrogens is 1. The van der Waals surface area contributed by atoms with Crippen LogP contribution in [0.2, 0.25) is 0 Å². The smallest absolute Gasteiger partial charge is 0.205 e. The van der Waals surface area contributed by atoms with Crippen molar-refractivity contribution in [3.05, 3.63) is 47.8 Å². The first-order valence-corrected chi connectivity index (χ1v) is 5.70. The molecule has 7 heteroatoms. The predicted octanol–water partition coefficient (Wildman–Crippen LogP) is 3.31. The lowest BCUT2D eigenvalue weighted by Gasteiger charge is -2.05. The molecule has 0 amide bonds. The van der Waals surface area contributed by atoms with Crippen LogP contribution in [-0.2, 0) is 0 Å². The van der Waals surface area contributed by atoms with Crippen molar-refractivity contribution < 1.29 is 13.2 Å². The van der Waals surface area contributed by atoms with Crippen molar-refractivity contribution in [2.45, 2.75) is 0 Å². The topological polar surface area (TPSA) is 66.7 Å². The number of nitrogens with one attached hydrogen (secondary N) is 2. The van der Waals surface area contributed by atoms with E-state index in [2.05, 4.69) is 15.3 Å². The maximum Gasteiger partial charge on any atom is 0.205 e. The number of aromatic nitrogens is 2. The van der Waals surface area contributed by atoms with Gasteiger partial charge in [0.2, 0.25) is 5.95 Å². The standard InChI is InChI=1S/C13H9F3N4/c14-6-3-8(15)12(16)11(4-6)20-13-18-9-2-1-7(17)5-10(9)19-13/h1-5H,17H2,(H2,18,19,20). The van der Waals surface area contributed by atoms with Crippen LogP contribution in [0.15, 0.2) is 30.3 Å². The van der Waals surface area contributed by atoms with E-state index in [1.54, 1.807) is 18.2 Å². The molecule has 0 fully saturated rings. The minimum Gasteiger partial charge on any atom is -0.399 e. The summed E-state index contributed by atoms with van der Waals surface area (Å²) in [6, 6.07) is 6.31. The van der Waals surface area contributed by atoms with E-state index in [4.69, 9.17) is 5.73 Å². The first kappa shape index (κ1) is 12.3. The highest BCUT2D eigenvalue weighted by molar-refractivity contribution is 5.81. The molecule has 0 radical (unpaired) electrons. The Morgan fingerprint density at radius 3 is 2.70 bits per heavy atom. The summed E-state index contributed by atoms with van der Waals surface area (Å²) in [4.78, 5) is 6.95. The van der Waals surface area contributed by atoms with E-state index < -0.39 is 17.5 Å². The second-order valence-corrected chi connectivity index (χ2v) is 4.24. The molecule has 3 rings (SSSR count). The number of nitrogens with zero attached hydrogens (tertiary/aromatic N) is 1. The molecular formula is C13H9F3N4. The number of aromatic amines is 1. The van der Waals surface area contributed by atoms with Crippen LogP contribution in [-0.4, -0.2) is 9.97 Å². The van der Waals surface area contributed by atoms with Crippen molar-refractivity contribution >= 4 is 28.4 Å². The Balaban J connectivity index is 2.01. The predicted molar refractivity (Wildman–Crippen MR) is 70.1 cm³/mol. The summed E-state index contributed by atoms with van der Waals surface area (Å²) in [5, 5.41) is 2.50. The Morgan fingerprint density at radius 1 is 1.10 bits per heavy atom. The van der Waals surface area contributed by atoms with Gasteiger partial charge >= 0.3 is 0 Å². The van der Waals surface area contributed by atoms with Crippen LogP contribution in [0.4, 0.5) is 30.5 Å². The van der Waals surface area contributed by atoms with Crippen LogP contribution >= 0.6 is 0 Å². The van der Waals surface area contributed by atoms with Gasteiger partial charge in [0.25, 0.3) is 0 Å². The van der Waals surface area contributed by atoms with Crippen molar-refractivity contribution in [2.24, 2.45) is 0 Å². The number of rotatable bonds is 2. The molecule has 0 aliphatic carbocycles. The zero-order chi connectivity index (χ0) is 14.3. The summed E-state index contributed by atoms with van der Waals surface area (Å²) in [5.41, 5.74) is 7.05. The van der Waals surface area contributed by atoms with Gasteiger partial charge in [0, 0.05) is 17.8 Å². The monoisotopic (exact) mass is 278 g/mol. The SMILES string of the molecule is Nc1ccc2nc(Nc3cc(F)cc(F)c3F)[nH]c2c1. The maximum absolute atomic E-state index is 13.5. The molecule has 4 N–H and O–H groups in total. The zero-order valence-electron chi connectivity index (χ0n) is 10.0. The van der Waals surface area contributed by atoms with E-state index >= 15 is 0 Å². The van der Waals surface area contributed by atoms with Crippen LogP contribution < -0.4 is 11.1 Å². The van der Waals surface area contributed by atoms with E-state index in [0.717, 1.165) is 6.07 Å². The highest BCUT2D eigenvalue weighted by Gasteiger charge is 2.12. The number of halogens is 3. The number of benzene rings is 2. The first-order valence-electron chi connectivity index (χ1n) is 5.70. The van der Waals surface area contributed by atoms with E-state index in [1.807, 2.05) is 0 Å². The van der Waals surface area contributed by atoms with Crippen LogP contribution in [0.1, 0.15) is 0 Å². The molecule has 4 nitrogen and oxygen atoms in total. The fourth-order valence-corrected chi connectivity index (χ4v) is 1.86. The van der Waals surface area contributed by atoms with Gasteiger partial charge in [-0.2, -0.15) is 0 Å². The molecule has 1 heterocycles. The molecule has 0 aliphatic heterocycles. The van der Waals surface area contributed by atoms with Crippen molar-refractivity contribution in [1.82, 2.24) is 9.97 Å². The number of hydrogen-bond donors (Lipinski definition) is 3. The highest BCUT2D eigenvalue weighted by Crippen LogP contribution is 2.24. The summed E-state index contributed by atoms with van der Waals surface area (Å²) < 4.78 is 39.7. The van der Waals surface area contributed by atoms with Gasteiger partial charge in [-0.25, -0.2) is 18.2 Å². The number of fused-ring (bicyclic) bond motifs is 1. The molecule has 0 spiro atoms. The molecule has 2 aromatic carbocycles. The molecule has 0 bridgehead atoms. The van der Waals surface area contributed by atoms with Crippen LogP contribution in [0.25, 0.3) is 11.0 Å². The Kier molecular flexibility index (Phi) is 2.74. The van der Waals surface area contributed by atoms with E-state index in [-0.39, 0.29) is 11.6 Å². The number of hydrogen-bond acceptors (Lipinski definition) is 3. The molecule has 20 heavy (non-hydrogen) atoms. The van der Waals surface area contributed by atoms with Gasteiger partial charge in [0.15, 0.2) is 11.6 Å². The van der Waals surface area contributed by atoms with Crippen molar-refractivity contribution in [2.75, 3.05) is 11.1 Å². The second-order valence-electron chi connectivity index (χ2n) is 4.24. The maximum atomic E-state index is 13.5. The molecule has 0 saturated carbocycles. The summed E-state index contributed by atoms with van der Waals surface area (Å²) in [6.45, 7) is 0. The lowest BCUT2D eigenvalue weighted by atomic mass is 10.3. The Morgan fingerprint density at radius 2 is 1.90 bits per heavy atom. The Bertz CT molecular complexity index is 798. The van der Waals surface area contributed by atoms with Gasteiger partial charge in [-0.1, -0.05) is 0 Å². The summed E-state index contributed by atoms with van der Waals surface area (Å²) in [6.07, 6.45) is 0. The van der Waals surface area contributed by atoms with Gasteiger partial charge in [-0.05, 0) is 18.2 Å². The summed E-state index contributed by atoms with van der Waals surface area (Å²) in [5.74, 6) is -3.17. The third-order valence-electron chi connectivity index (χ3n) is 2.75. The molecule has 0 atom stereocenters. The van der Waals surface area contributed by atoms with Crippen molar-refractivity contribution in [3.8, 4) is 0 Å². The number of anilines is 3. The normalized spacial score (nSPS) is 10.9.